The molecule has 0 aliphatic heterocycles. The van der Waals surface area contributed by atoms with Crippen LogP contribution in [0.1, 0.15) is 36.6 Å². The molecule has 0 radical (unpaired) electrons. The lowest BCUT2D eigenvalue weighted by molar-refractivity contribution is 0.335. The summed E-state index contributed by atoms with van der Waals surface area (Å²) in [5.41, 5.74) is 3.42. The van der Waals surface area contributed by atoms with Crippen molar-refractivity contribution < 1.29 is 4.74 Å². The van der Waals surface area contributed by atoms with E-state index >= 15 is 0 Å². The van der Waals surface area contributed by atoms with Gasteiger partial charge in [0, 0.05) is 6.92 Å². The van der Waals surface area contributed by atoms with Crippen LogP contribution in [-0.2, 0) is 0 Å². The molecule has 2 nitrogen and oxygen atoms in total. The summed E-state index contributed by atoms with van der Waals surface area (Å²) in [6.07, 6.45) is 0. The molecule has 0 aliphatic carbocycles. The zero-order valence-corrected chi connectivity index (χ0v) is 9.79. The third kappa shape index (κ3) is 2.50. The smallest absolute Gasteiger partial charge is 0.249 e. The van der Waals surface area contributed by atoms with Crippen LogP contribution >= 0.6 is 0 Å². The van der Waals surface area contributed by atoms with E-state index in [2.05, 4.69) is 24.8 Å². The van der Waals surface area contributed by atoms with Gasteiger partial charge in [0.2, 0.25) is 6.04 Å². The van der Waals surface area contributed by atoms with Crippen LogP contribution in [0.15, 0.2) is 12.1 Å². The first-order chi connectivity index (χ1) is 7.10. The van der Waals surface area contributed by atoms with Crippen LogP contribution in [0.25, 0.3) is 4.85 Å². The predicted molar refractivity (Wildman–Crippen MR) is 62.1 cm³/mol. The fourth-order valence-electron chi connectivity index (χ4n) is 1.49. The molecule has 0 N–H and O–H groups in total. The van der Waals surface area contributed by atoms with E-state index in [0.717, 1.165) is 11.3 Å². The molecule has 1 rings (SSSR count). The SMILES string of the molecule is [C-]#[N+]C(C)c1cc(C)c(C)cc1OCC. The van der Waals surface area contributed by atoms with Crippen molar-refractivity contribution in [2.75, 3.05) is 6.61 Å². The van der Waals surface area contributed by atoms with Crippen LogP contribution in [0.4, 0.5) is 0 Å². The Morgan fingerprint density at radius 3 is 2.47 bits per heavy atom. The number of rotatable bonds is 3. The molecule has 0 saturated carbocycles. The number of hydrogen-bond donors (Lipinski definition) is 0. The van der Waals surface area contributed by atoms with Crippen LogP contribution in [0.5, 0.6) is 5.75 Å². The van der Waals surface area contributed by atoms with E-state index in [-0.39, 0.29) is 6.04 Å². The second kappa shape index (κ2) is 4.84. The van der Waals surface area contributed by atoms with Gasteiger partial charge >= 0.3 is 0 Å². The lowest BCUT2D eigenvalue weighted by Gasteiger charge is -2.12. The Bertz CT molecular complexity index is 390. The largest absolute Gasteiger partial charge is 0.493 e. The highest BCUT2D eigenvalue weighted by Gasteiger charge is 2.16. The summed E-state index contributed by atoms with van der Waals surface area (Å²) in [6, 6.07) is 3.95. The molecular formula is C13H17NO. The van der Waals surface area contributed by atoms with Crippen molar-refractivity contribution in [3.8, 4) is 5.75 Å². The van der Waals surface area contributed by atoms with Crippen molar-refractivity contribution >= 4 is 0 Å². The minimum atomic E-state index is -0.133. The van der Waals surface area contributed by atoms with Crippen molar-refractivity contribution in [1.29, 1.82) is 0 Å². The van der Waals surface area contributed by atoms with Gasteiger partial charge in [-0.2, -0.15) is 0 Å². The molecule has 0 saturated heterocycles. The van der Waals surface area contributed by atoms with E-state index in [1.54, 1.807) is 0 Å². The Hall–Kier alpha value is -1.49. The van der Waals surface area contributed by atoms with E-state index in [1.807, 2.05) is 19.9 Å². The third-order valence-corrected chi connectivity index (χ3v) is 2.57. The second-order valence-corrected chi connectivity index (χ2v) is 3.71. The van der Waals surface area contributed by atoms with Crippen LogP contribution < -0.4 is 4.74 Å². The maximum atomic E-state index is 7.07. The Kier molecular flexibility index (Phi) is 3.74. The van der Waals surface area contributed by atoms with Crippen LogP contribution in [-0.4, -0.2) is 6.61 Å². The van der Waals surface area contributed by atoms with Gasteiger partial charge < -0.3 is 9.58 Å². The summed E-state index contributed by atoms with van der Waals surface area (Å²) in [6.45, 7) is 15.7. The predicted octanol–water partition coefficient (Wildman–Crippen LogP) is 3.68. The molecule has 0 aliphatic rings. The molecule has 0 heterocycles. The van der Waals surface area contributed by atoms with Crippen molar-refractivity contribution in [2.45, 2.75) is 33.7 Å². The van der Waals surface area contributed by atoms with Gasteiger partial charge in [0.25, 0.3) is 0 Å². The monoisotopic (exact) mass is 203 g/mol. The Labute approximate surface area is 91.7 Å². The van der Waals surface area contributed by atoms with Crippen LogP contribution in [0, 0.1) is 20.4 Å². The maximum absolute atomic E-state index is 7.07. The number of nitrogens with zero attached hydrogens (tertiary/aromatic N) is 1. The van der Waals surface area contributed by atoms with Gasteiger partial charge in [0.05, 0.1) is 12.2 Å². The zero-order chi connectivity index (χ0) is 11.4. The highest BCUT2D eigenvalue weighted by molar-refractivity contribution is 5.44. The minimum Gasteiger partial charge on any atom is -0.493 e. The van der Waals surface area contributed by atoms with Gasteiger partial charge in [-0.1, -0.05) is 0 Å². The summed E-state index contributed by atoms with van der Waals surface area (Å²) >= 11 is 0. The van der Waals surface area contributed by atoms with Crippen molar-refractivity contribution in [3.63, 3.8) is 0 Å². The molecule has 15 heavy (non-hydrogen) atoms. The normalized spacial score (nSPS) is 11.9. The van der Waals surface area contributed by atoms with Gasteiger partial charge in [-0.05, 0) is 44.0 Å². The number of aryl methyl sites for hydroxylation is 2. The highest BCUT2D eigenvalue weighted by Crippen LogP contribution is 2.30. The van der Waals surface area contributed by atoms with Gasteiger partial charge in [0.15, 0.2) is 0 Å². The van der Waals surface area contributed by atoms with E-state index < -0.39 is 0 Å². The topological polar surface area (TPSA) is 13.6 Å². The molecule has 0 fully saturated rings. The summed E-state index contributed by atoms with van der Waals surface area (Å²) in [7, 11) is 0. The van der Waals surface area contributed by atoms with Crippen LogP contribution in [0.3, 0.4) is 0 Å². The molecule has 0 aromatic heterocycles. The maximum Gasteiger partial charge on any atom is 0.249 e. The first kappa shape index (κ1) is 11.6. The van der Waals surface area contributed by atoms with E-state index in [9.17, 15) is 0 Å². The summed E-state index contributed by atoms with van der Waals surface area (Å²) < 4.78 is 5.55. The average Bonchev–Trinajstić information content (AvgIpc) is 2.22. The Balaban J connectivity index is 3.23. The second-order valence-electron chi connectivity index (χ2n) is 3.71. The fourth-order valence-corrected chi connectivity index (χ4v) is 1.49. The van der Waals surface area contributed by atoms with Crippen molar-refractivity contribution in [1.82, 2.24) is 0 Å². The summed E-state index contributed by atoms with van der Waals surface area (Å²) in [5, 5.41) is 0. The summed E-state index contributed by atoms with van der Waals surface area (Å²) in [4.78, 5) is 3.54. The fraction of sp³-hybridized carbons (Fsp3) is 0.462. The quantitative estimate of drug-likeness (QED) is 0.683. The van der Waals surface area contributed by atoms with Gasteiger partial charge in [-0.15, -0.1) is 0 Å². The van der Waals surface area contributed by atoms with Gasteiger partial charge in [0.1, 0.15) is 5.75 Å². The first-order valence-electron chi connectivity index (χ1n) is 5.20. The Morgan fingerprint density at radius 2 is 1.93 bits per heavy atom. The van der Waals surface area contributed by atoms with E-state index in [0.29, 0.717) is 6.61 Å². The molecule has 0 spiro atoms. The lowest BCUT2D eigenvalue weighted by Crippen LogP contribution is -2.00. The molecule has 0 bridgehead atoms. The lowest BCUT2D eigenvalue weighted by atomic mass is 10.0. The molecular weight excluding hydrogens is 186 g/mol. The van der Waals surface area contributed by atoms with Crippen LogP contribution in [0.2, 0.25) is 0 Å². The molecule has 1 atom stereocenters. The number of hydrogen-bond acceptors (Lipinski definition) is 1. The number of ether oxygens (including phenoxy) is 1. The summed E-state index contributed by atoms with van der Waals surface area (Å²) in [5.74, 6) is 0.851. The average molecular weight is 203 g/mol. The third-order valence-electron chi connectivity index (χ3n) is 2.57. The first-order valence-corrected chi connectivity index (χ1v) is 5.20. The molecule has 1 aromatic carbocycles. The standard InChI is InChI=1S/C13H17NO/c1-6-15-13-8-10(3)9(2)7-12(13)11(4)14-5/h7-8,11H,6H2,1-4H3. The Morgan fingerprint density at radius 1 is 1.33 bits per heavy atom. The molecule has 0 amide bonds. The number of benzene rings is 1. The molecule has 80 valence electrons. The molecule has 1 aromatic rings. The molecule has 1 unspecified atom stereocenters. The van der Waals surface area contributed by atoms with Gasteiger partial charge in [-0.25, -0.2) is 6.57 Å². The van der Waals surface area contributed by atoms with E-state index in [4.69, 9.17) is 11.3 Å². The zero-order valence-electron chi connectivity index (χ0n) is 9.79. The van der Waals surface area contributed by atoms with Crippen molar-refractivity contribution in [3.05, 3.63) is 40.2 Å². The van der Waals surface area contributed by atoms with Gasteiger partial charge in [-0.3, -0.25) is 0 Å². The highest BCUT2D eigenvalue weighted by atomic mass is 16.5. The van der Waals surface area contributed by atoms with E-state index in [1.165, 1.54) is 11.1 Å². The molecule has 2 heteroatoms. The minimum absolute atomic E-state index is 0.133. The van der Waals surface area contributed by atoms with Crippen molar-refractivity contribution in [2.24, 2.45) is 0 Å².